The molecule has 2 aromatic heterocycles. The molecule has 92 valence electrons. The van der Waals surface area contributed by atoms with Crippen molar-refractivity contribution in [1.82, 2.24) is 29.5 Å². The average molecular weight is 257 g/mol. The number of nitrogens with two attached hydrogens (primary N) is 1. The molecule has 0 aliphatic carbocycles. The molecule has 0 radical (unpaired) electrons. The summed E-state index contributed by atoms with van der Waals surface area (Å²) in [7, 11) is -2.17. The molecular formula is C7H11N7O2S. The Kier molecular flexibility index (Phi) is 2.81. The van der Waals surface area contributed by atoms with Crippen molar-refractivity contribution in [1.29, 1.82) is 0 Å². The number of hydrogen-bond acceptors (Lipinski definition) is 6. The molecule has 0 fully saturated rings. The number of imidazole rings is 1. The first-order valence-corrected chi connectivity index (χ1v) is 6.09. The minimum atomic E-state index is -3.72. The van der Waals surface area contributed by atoms with Crippen LogP contribution in [0.1, 0.15) is 5.82 Å². The molecule has 4 N–H and O–H groups in total. The third kappa shape index (κ3) is 2.26. The first-order chi connectivity index (χ1) is 8.00. The van der Waals surface area contributed by atoms with Gasteiger partial charge in [0, 0.05) is 7.05 Å². The summed E-state index contributed by atoms with van der Waals surface area (Å²) < 4.78 is 27.5. The molecule has 0 spiro atoms. The third-order valence-electron chi connectivity index (χ3n) is 2.06. The quantitative estimate of drug-likeness (QED) is 0.617. The Hall–Kier alpha value is -1.94. The summed E-state index contributed by atoms with van der Waals surface area (Å²) in [5.41, 5.74) is 5.49. The Morgan fingerprint density at radius 3 is 2.82 bits per heavy atom. The molecular weight excluding hydrogens is 246 g/mol. The third-order valence-corrected chi connectivity index (χ3v) is 3.59. The molecule has 9 nitrogen and oxygen atoms in total. The number of nitrogens with one attached hydrogen (secondary N) is 2. The Morgan fingerprint density at radius 2 is 2.29 bits per heavy atom. The molecule has 0 saturated heterocycles. The van der Waals surface area contributed by atoms with E-state index in [1.165, 1.54) is 17.2 Å². The minimum Gasteiger partial charge on any atom is -0.381 e. The molecule has 0 saturated carbocycles. The monoisotopic (exact) mass is 257 g/mol. The fourth-order valence-corrected chi connectivity index (χ4v) is 2.53. The second kappa shape index (κ2) is 4.14. The normalized spacial score (nSPS) is 11.8. The van der Waals surface area contributed by atoms with Gasteiger partial charge in [-0.25, -0.2) is 23.1 Å². The number of aryl methyl sites for hydroxylation is 1. The number of sulfonamides is 1. The second-order valence-corrected chi connectivity index (χ2v) is 4.98. The van der Waals surface area contributed by atoms with E-state index in [1.807, 2.05) is 0 Å². The van der Waals surface area contributed by atoms with E-state index in [4.69, 9.17) is 5.73 Å². The standard InChI is InChI=1S/C7H11N7O2S/c1-14-4-10-6(8)7(14)17(15,16)12-2-5-9-3-11-13-5/h3-4,12H,2,8H2,1H3,(H,9,11,13). The summed E-state index contributed by atoms with van der Waals surface area (Å²) in [6.07, 6.45) is 2.63. The molecule has 2 rings (SSSR count). The van der Waals surface area contributed by atoms with E-state index in [9.17, 15) is 8.42 Å². The van der Waals surface area contributed by atoms with Gasteiger partial charge < -0.3 is 10.3 Å². The first-order valence-electron chi connectivity index (χ1n) is 4.61. The molecule has 10 heteroatoms. The topological polar surface area (TPSA) is 132 Å². The van der Waals surface area contributed by atoms with Crippen LogP contribution >= 0.6 is 0 Å². The van der Waals surface area contributed by atoms with Gasteiger partial charge in [0.1, 0.15) is 12.2 Å². The van der Waals surface area contributed by atoms with E-state index in [0.717, 1.165) is 0 Å². The molecule has 0 aromatic carbocycles. The predicted molar refractivity (Wildman–Crippen MR) is 58.0 cm³/mol. The van der Waals surface area contributed by atoms with Crippen molar-refractivity contribution in [2.45, 2.75) is 11.6 Å². The van der Waals surface area contributed by atoms with Gasteiger partial charge in [0.2, 0.25) is 0 Å². The van der Waals surface area contributed by atoms with Crippen molar-refractivity contribution >= 4 is 15.8 Å². The number of rotatable bonds is 4. The fourth-order valence-electron chi connectivity index (χ4n) is 1.31. The molecule has 2 heterocycles. The molecule has 0 aliphatic heterocycles. The lowest BCUT2D eigenvalue weighted by Crippen LogP contribution is -2.26. The highest BCUT2D eigenvalue weighted by molar-refractivity contribution is 7.89. The summed E-state index contributed by atoms with van der Waals surface area (Å²) in [5, 5.41) is 6.08. The zero-order chi connectivity index (χ0) is 12.5. The van der Waals surface area contributed by atoms with Gasteiger partial charge in [-0.3, -0.25) is 5.10 Å². The van der Waals surface area contributed by atoms with E-state index < -0.39 is 10.0 Å². The van der Waals surface area contributed by atoms with Gasteiger partial charge in [0.15, 0.2) is 10.8 Å². The number of aromatic amines is 1. The largest absolute Gasteiger partial charge is 0.381 e. The highest BCUT2D eigenvalue weighted by Crippen LogP contribution is 2.14. The van der Waals surface area contributed by atoms with E-state index in [-0.39, 0.29) is 17.4 Å². The van der Waals surface area contributed by atoms with Crippen molar-refractivity contribution < 1.29 is 8.42 Å². The maximum absolute atomic E-state index is 11.9. The molecule has 0 bridgehead atoms. The molecule has 0 amide bonds. The Morgan fingerprint density at radius 1 is 1.53 bits per heavy atom. The number of aromatic nitrogens is 5. The number of nitrogen functional groups attached to an aromatic ring is 1. The van der Waals surface area contributed by atoms with Crippen LogP contribution in [0.4, 0.5) is 5.82 Å². The molecule has 0 unspecified atom stereocenters. The lowest BCUT2D eigenvalue weighted by atomic mass is 10.6. The molecule has 17 heavy (non-hydrogen) atoms. The molecule has 0 atom stereocenters. The minimum absolute atomic E-state index is 0.00690. The van der Waals surface area contributed by atoms with Crippen molar-refractivity contribution in [2.75, 3.05) is 5.73 Å². The van der Waals surface area contributed by atoms with Crippen LogP contribution in [0, 0.1) is 0 Å². The second-order valence-electron chi connectivity index (χ2n) is 3.30. The van der Waals surface area contributed by atoms with E-state index in [0.29, 0.717) is 5.82 Å². The lowest BCUT2D eigenvalue weighted by Gasteiger charge is -2.06. The Bertz CT molecular complexity index is 581. The maximum atomic E-state index is 11.9. The van der Waals surface area contributed by atoms with Gasteiger partial charge in [0.05, 0.1) is 12.9 Å². The first kappa shape index (κ1) is 11.5. The van der Waals surface area contributed by atoms with Crippen molar-refractivity contribution in [3.8, 4) is 0 Å². The van der Waals surface area contributed by atoms with Gasteiger partial charge >= 0.3 is 0 Å². The zero-order valence-corrected chi connectivity index (χ0v) is 9.77. The summed E-state index contributed by atoms with van der Waals surface area (Å²) in [5.74, 6) is 0.367. The summed E-state index contributed by atoms with van der Waals surface area (Å²) in [4.78, 5) is 7.51. The highest BCUT2D eigenvalue weighted by atomic mass is 32.2. The zero-order valence-electron chi connectivity index (χ0n) is 8.95. The van der Waals surface area contributed by atoms with Crippen molar-refractivity contribution in [3.63, 3.8) is 0 Å². The predicted octanol–water partition coefficient (Wildman–Crippen LogP) is -1.40. The van der Waals surface area contributed by atoms with Gasteiger partial charge in [-0.2, -0.15) is 5.10 Å². The van der Waals surface area contributed by atoms with Gasteiger partial charge in [-0.15, -0.1) is 0 Å². The van der Waals surface area contributed by atoms with Crippen LogP contribution in [-0.2, 0) is 23.6 Å². The van der Waals surface area contributed by atoms with Gasteiger partial charge in [-0.1, -0.05) is 0 Å². The fraction of sp³-hybridized carbons (Fsp3) is 0.286. The van der Waals surface area contributed by atoms with Crippen molar-refractivity contribution in [3.05, 3.63) is 18.5 Å². The number of hydrogen-bond donors (Lipinski definition) is 3. The highest BCUT2D eigenvalue weighted by Gasteiger charge is 2.22. The number of anilines is 1. The Labute approximate surface area is 97.1 Å². The van der Waals surface area contributed by atoms with Crippen LogP contribution in [0.3, 0.4) is 0 Å². The lowest BCUT2D eigenvalue weighted by molar-refractivity contribution is 0.570. The summed E-state index contributed by atoms with van der Waals surface area (Å²) in [6.45, 7) is 0.00690. The van der Waals surface area contributed by atoms with Crippen molar-refractivity contribution in [2.24, 2.45) is 7.05 Å². The average Bonchev–Trinajstić information content (AvgIpc) is 2.86. The van der Waals surface area contributed by atoms with E-state index in [2.05, 4.69) is 24.9 Å². The van der Waals surface area contributed by atoms with Gasteiger partial charge in [-0.05, 0) is 0 Å². The number of H-pyrrole nitrogens is 1. The van der Waals surface area contributed by atoms with Crippen LogP contribution < -0.4 is 10.5 Å². The summed E-state index contributed by atoms with van der Waals surface area (Å²) in [6, 6.07) is 0. The summed E-state index contributed by atoms with van der Waals surface area (Å²) >= 11 is 0. The van der Waals surface area contributed by atoms with E-state index >= 15 is 0 Å². The van der Waals surface area contributed by atoms with Gasteiger partial charge in [0.25, 0.3) is 10.0 Å². The van der Waals surface area contributed by atoms with Crippen LogP contribution in [-0.4, -0.2) is 33.2 Å². The van der Waals surface area contributed by atoms with Crippen LogP contribution in [0.15, 0.2) is 17.7 Å². The Balaban J connectivity index is 2.20. The molecule has 0 aliphatic rings. The number of nitrogens with zero attached hydrogens (tertiary/aromatic N) is 4. The van der Waals surface area contributed by atoms with Crippen LogP contribution in [0.2, 0.25) is 0 Å². The smallest absolute Gasteiger partial charge is 0.260 e. The van der Waals surface area contributed by atoms with E-state index in [1.54, 1.807) is 7.05 Å². The molecule has 2 aromatic rings. The SMILES string of the molecule is Cn1cnc(N)c1S(=O)(=O)NCc1ncn[nH]1. The van der Waals surface area contributed by atoms with Crippen LogP contribution in [0.25, 0.3) is 0 Å². The maximum Gasteiger partial charge on any atom is 0.260 e. The van der Waals surface area contributed by atoms with Crippen LogP contribution in [0.5, 0.6) is 0 Å².